The molecule has 0 aliphatic carbocycles. The first-order chi connectivity index (χ1) is 13.2. The number of nitrogens with one attached hydrogen (secondary N) is 1. The Labute approximate surface area is 158 Å². The largest absolute Gasteiger partial charge is 0.350 e. The van der Waals surface area contributed by atoms with E-state index in [1.54, 1.807) is 6.07 Å². The predicted octanol–water partition coefficient (Wildman–Crippen LogP) is 1.35. The Morgan fingerprint density at radius 2 is 2.00 bits per heavy atom. The molecule has 27 heavy (non-hydrogen) atoms. The lowest BCUT2D eigenvalue weighted by molar-refractivity contribution is 0.0759. The van der Waals surface area contributed by atoms with E-state index >= 15 is 0 Å². The summed E-state index contributed by atoms with van der Waals surface area (Å²) < 4.78 is 0. The molecule has 1 aromatic carbocycles. The summed E-state index contributed by atoms with van der Waals surface area (Å²) in [6.45, 7) is 4.75. The van der Waals surface area contributed by atoms with Crippen molar-refractivity contribution in [3.05, 3.63) is 52.7 Å². The lowest BCUT2D eigenvalue weighted by Crippen LogP contribution is -2.35. The second-order valence-electron chi connectivity index (χ2n) is 6.94. The number of anilines is 1. The Kier molecular flexibility index (Phi) is 4.99. The van der Waals surface area contributed by atoms with Crippen LogP contribution in [0.15, 0.2) is 30.3 Å². The topological polar surface area (TPSA) is 85.2 Å². The molecule has 7 heteroatoms. The molecule has 4 rings (SSSR count). The van der Waals surface area contributed by atoms with Gasteiger partial charge in [-0.3, -0.25) is 4.79 Å². The second-order valence-corrected chi connectivity index (χ2v) is 6.94. The van der Waals surface area contributed by atoms with Gasteiger partial charge in [-0.25, -0.2) is 0 Å². The molecule has 0 saturated carbocycles. The molecule has 1 aromatic heterocycles. The van der Waals surface area contributed by atoms with Crippen LogP contribution in [-0.2, 0) is 13.0 Å². The summed E-state index contributed by atoms with van der Waals surface area (Å²) in [6, 6.07) is 11.7. The molecule has 1 amide bonds. The van der Waals surface area contributed by atoms with Crippen LogP contribution in [0.4, 0.5) is 5.82 Å². The molecular formula is C20H22N6O. The molecule has 0 spiro atoms. The van der Waals surface area contributed by atoms with Crippen molar-refractivity contribution < 1.29 is 4.79 Å². The monoisotopic (exact) mass is 362 g/mol. The van der Waals surface area contributed by atoms with Crippen LogP contribution in [0.1, 0.15) is 33.6 Å². The lowest BCUT2D eigenvalue weighted by Gasteiger charge is -2.29. The number of nitriles is 1. The van der Waals surface area contributed by atoms with Crippen LogP contribution in [-0.4, -0.2) is 53.7 Å². The molecule has 0 atom stereocenters. The summed E-state index contributed by atoms with van der Waals surface area (Å²) in [5.74, 6) is 0.706. The maximum Gasteiger partial charge on any atom is 0.274 e. The molecule has 3 heterocycles. The van der Waals surface area contributed by atoms with E-state index in [0.29, 0.717) is 24.3 Å². The molecular weight excluding hydrogens is 340 g/mol. The Morgan fingerprint density at radius 3 is 2.81 bits per heavy atom. The molecule has 138 valence electrons. The number of carbonyl (C=O) groups excluding carboxylic acids is 1. The standard InChI is InChI=1S/C20H22N6O/c21-13-15-2-3-16-6-10-26(14-17(16)12-15)19-5-4-18(23-24-19)20(27)25-9-1-7-22-8-11-25/h2-5,12,22H,1,6-11,14H2. The number of hydrogen-bond donors (Lipinski definition) is 1. The number of aromatic nitrogens is 2. The minimum atomic E-state index is -0.0552. The van der Waals surface area contributed by atoms with Gasteiger partial charge in [0.1, 0.15) is 0 Å². The van der Waals surface area contributed by atoms with Gasteiger partial charge in [-0.1, -0.05) is 6.07 Å². The maximum absolute atomic E-state index is 12.6. The van der Waals surface area contributed by atoms with Crippen LogP contribution < -0.4 is 10.2 Å². The van der Waals surface area contributed by atoms with Gasteiger partial charge in [-0.15, -0.1) is 10.2 Å². The predicted molar refractivity (Wildman–Crippen MR) is 101 cm³/mol. The molecule has 0 bridgehead atoms. The number of amides is 1. The van der Waals surface area contributed by atoms with Crippen LogP contribution in [0.3, 0.4) is 0 Å². The van der Waals surface area contributed by atoms with E-state index in [9.17, 15) is 4.79 Å². The van der Waals surface area contributed by atoms with Gasteiger partial charge < -0.3 is 15.1 Å². The van der Waals surface area contributed by atoms with E-state index in [0.717, 1.165) is 50.4 Å². The first kappa shape index (κ1) is 17.4. The molecule has 1 N–H and O–H groups in total. The molecule has 0 radical (unpaired) electrons. The molecule has 1 saturated heterocycles. The van der Waals surface area contributed by atoms with Gasteiger partial charge in [-0.05, 0) is 54.8 Å². The fourth-order valence-electron chi connectivity index (χ4n) is 3.64. The van der Waals surface area contributed by atoms with Crippen molar-refractivity contribution in [1.29, 1.82) is 5.26 Å². The van der Waals surface area contributed by atoms with Crippen molar-refractivity contribution in [2.75, 3.05) is 37.6 Å². The summed E-state index contributed by atoms with van der Waals surface area (Å²) in [6.07, 6.45) is 1.86. The molecule has 1 fully saturated rings. The van der Waals surface area contributed by atoms with Crippen molar-refractivity contribution in [2.45, 2.75) is 19.4 Å². The second kappa shape index (κ2) is 7.72. The molecule has 0 unspecified atom stereocenters. The van der Waals surface area contributed by atoms with E-state index in [-0.39, 0.29) is 5.91 Å². The van der Waals surface area contributed by atoms with Gasteiger partial charge >= 0.3 is 0 Å². The fourth-order valence-corrected chi connectivity index (χ4v) is 3.64. The van der Waals surface area contributed by atoms with Gasteiger partial charge in [0.25, 0.3) is 5.91 Å². The Morgan fingerprint density at radius 1 is 1.07 bits per heavy atom. The van der Waals surface area contributed by atoms with E-state index in [4.69, 9.17) is 5.26 Å². The fraction of sp³-hybridized carbons (Fsp3) is 0.400. The van der Waals surface area contributed by atoms with Gasteiger partial charge in [0.15, 0.2) is 11.5 Å². The van der Waals surface area contributed by atoms with Crippen LogP contribution in [0.2, 0.25) is 0 Å². The van der Waals surface area contributed by atoms with Crippen molar-refractivity contribution >= 4 is 11.7 Å². The number of hydrogen-bond acceptors (Lipinski definition) is 6. The highest BCUT2D eigenvalue weighted by atomic mass is 16.2. The number of benzene rings is 1. The van der Waals surface area contributed by atoms with Crippen LogP contribution in [0.5, 0.6) is 0 Å². The Balaban J connectivity index is 1.47. The minimum absolute atomic E-state index is 0.0552. The zero-order chi connectivity index (χ0) is 18.6. The van der Waals surface area contributed by atoms with Gasteiger partial charge in [0.05, 0.1) is 11.6 Å². The van der Waals surface area contributed by atoms with Crippen molar-refractivity contribution in [3.63, 3.8) is 0 Å². The third-order valence-corrected chi connectivity index (χ3v) is 5.17. The third kappa shape index (κ3) is 3.76. The van der Waals surface area contributed by atoms with Crippen molar-refractivity contribution in [1.82, 2.24) is 20.4 Å². The van der Waals surface area contributed by atoms with E-state index in [1.807, 2.05) is 29.2 Å². The number of nitrogens with zero attached hydrogens (tertiary/aromatic N) is 5. The van der Waals surface area contributed by atoms with Crippen LogP contribution in [0, 0.1) is 11.3 Å². The normalized spacial score (nSPS) is 17.0. The van der Waals surface area contributed by atoms with Gasteiger partial charge in [0, 0.05) is 32.7 Å². The molecule has 2 aliphatic rings. The lowest BCUT2D eigenvalue weighted by atomic mass is 9.98. The first-order valence-electron chi connectivity index (χ1n) is 9.35. The quantitative estimate of drug-likeness (QED) is 0.868. The van der Waals surface area contributed by atoms with Crippen LogP contribution in [0.25, 0.3) is 0 Å². The highest BCUT2D eigenvalue weighted by Crippen LogP contribution is 2.23. The van der Waals surface area contributed by atoms with Crippen LogP contribution >= 0.6 is 0 Å². The average molecular weight is 362 g/mol. The summed E-state index contributed by atoms with van der Waals surface area (Å²) in [5.41, 5.74) is 3.50. The summed E-state index contributed by atoms with van der Waals surface area (Å²) >= 11 is 0. The molecule has 7 nitrogen and oxygen atoms in total. The Bertz CT molecular complexity index is 865. The third-order valence-electron chi connectivity index (χ3n) is 5.17. The summed E-state index contributed by atoms with van der Waals surface area (Å²) in [4.78, 5) is 16.6. The summed E-state index contributed by atoms with van der Waals surface area (Å²) in [7, 11) is 0. The van der Waals surface area contributed by atoms with Crippen molar-refractivity contribution in [2.24, 2.45) is 0 Å². The smallest absolute Gasteiger partial charge is 0.274 e. The highest BCUT2D eigenvalue weighted by molar-refractivity contribution is 5.92. The zero-order valence-electron chi connectivity index (χ0n) is 15.2. The summed E-state index contributed by atoms with van der Waals surface area (Å²) in [5, 5.41) is 20.9. The SMILES string of the molecule is N#Cc1ccc2c(c1)CN(c1ccc(C(=O)N3CCCNCC3)nn1)CC2. The number of rotatable bonds is 2. The van der Waals surface area contributed by atoms with E-state index in [1.165, 1.54) is 5.56 Å². The first-order valence-corrected chi connectivity index (χ1v) is 9.35. The van der Waals surface area contributed by atoms with E-state index < -0.39 is 0 Å². The maximum atomic E-state index is 12.6. The average Bonchev–Trinajstić information content (AvgIpc) is 3.02. The molecule has 2 aromatic rings. The van der Waals surface area contributed by atoms with E-state index in [2.05, 4.69) is 26.5 Å². The van der Waals surface area contributed by atoms with Gasteiger partial charge in [-0.2, -0.15) is 5.26 Å². The number of carbonyl (C=O) groups is 1. The number of fused-ring (bicyclic) bond motifs is 1. The zero-order valence-corrected chi connectivity index (χ0v) is 15.2. The molecule has 2 aliphatic heterocycles. The minimum Gasteiger partial charge on any atom is -0.350 e. The highest BCUT2D eigenvalue weighted by Gasteiger charge is 2.21. The van der Waals surface area contributed by atoms with Gasteiger partial charge in [0.2, 0.25) is 0 Å². The Hall–Kier alpha value is -2.98. The van der Waals surface area contributed by atoms with Crippen molar-refractivity contribution in [3.8, 4) is 6.07 Å².